The molecule has 0 bridgehead atoms. The Hall–Kier alpha value is -0.980. The normalized spacial score (nSPS) is 30.2. The Balaban J connectivity index is 1.75. The summed E-state index contributed by atoms with van der Waals surface area (Å²) < 4.78 is 38.2. The molecule has 2 aliphatic rings. The van der Waals surface area contributed by atoms with Crippen LogP contribution in [-0.4, -0.2) is 55.8 Å². The van der Waals surface area contributed by atoms with Crippen LogP contribution in [0.25, 0.3) is 0 Å². The van der Waals surface area contributed by atoms with Gasteiger partial charge in [-0.2, -0.15) is 13.2 Å². The Morgan fingerprint density at radius 3 is 2.42 bits per heavy atom. The second kappa shape index (κ2) is 8.92. The lowest BCUT2D eigenvalue weighted by atomic mass is 9.85. The molecule has 2 fully saturated rings. The van der Waals surface area contributed by atoms with Gasteiger partial charge < -0.3 is 10.6 Å². The molecule has 0 aromatic rings. The Bertz CT molecular complexity index is 403. The van der Waals surface area contributed by atoms with E-state index in [2.05, 4.69) is 27.4 Å². The molecular weight excluding hydrogens is 317 g/mol. The van der Waals surface area contributed by atoms with Gasteiger partial charge in [-0.3, -0.25) is 9.89 Å². The third-order valence-corrected chi connectivity index (χ3v) is 5.41. The average molecular weight is 348 g/mol. The molecule has 0 spiro atoms. The SMILES string of the molecule is CCN1CCCCC1CNC(=NC)NC1CCC(C(F)(F)F)CC1. The van der Waals surface area contributed by atoms with E-state index in [9.17, 15) is 13.2 Å². The molecule has 0 aromatic heterocycles. The summed E-state index contributed by atoms with van der Waals surface area (Å²) in [5, 5.41) is 6.67. The average Bonchev–Trinajstić information content (AvgIpc) is 2.58. The first kappa shape index (κ1) is 19.3. The summed E-state index contributed by atoms with van der Waals surface area (Å²) in [7, 11) is 1.72. The number of hydrogen-bond donors (Lipinski definition) is 2. The van der Waals surface area contributed by atoms with Crippen molar-refractivity contribution in [3.05, 3.63) is 0 Å². The first-order chi connectivity index (χ1) is 11.4. The first-order valence-electron chi connectivity index (χ1n) is 9.22. The molecular formula is C17H31F3N4. The summed E-state index contributed by atoms with van der Waals surface area (Å²) in [6, 6.07) is 0.603. The Labute approximate surface area is 143 Å². The monoisotopic (exact) mass is 348 g/mol. The van der Waals surface area contributed by atoms with Gasteiger partial charge in [-0.1, -0.05) is 13.3 Å². The molecule has 1 unspecified atom stereocenters. The van der Waals surface area contributed by atoms with Crippen LogP contribution < -0.4 is 10.6 Å². The quantitative estimate of drug-likeness (QED) is 0.606. The zero-order valence-electron chi connectivity index (χ0n) is 14.8. The van der Waals surface area contributed by atoms with Crippen molar-refractivity contribution in [2.75, 3.05) is 26.7 Å². The number of halogens is 3. The highest BCUT2D eigenvalue weighted by molar-refractivity contribution is 5.80. The molecule has 24 heavy (non-hydrogen) atoms. The molecule has 1 aliphatic heterocycles. The van der Waals surface area contributed by atoms with E-state index in [-0.39, 0.29) is 18.9 Å². The van der Waals surface area contributed by atoms with E-state index in [0.717, 1.165) is 19.6 Å². The summed E-state index contributed by atoms with van der Waals surface area (Å²) in [6.45, 7) is 5.23. The number of nitrogens with one attached hydrogen (secondary N) is 2. The van der Waals surface area contributed by atoms with Gasteiger partial charge in [-0.15, -0.1) is 0 Å². The van der Waals surface area contributed by atoms with E-state index in [4.69, 9.17) is 0 Å². The lowest BCUT2D eigenvalue weighted by Crippen LogP contribution is -2.51. The van der Waals surface area contributed by atoms with Gasteiger partial charge in [-0.25, -0.2) is 0 Å². The first-order valence-corrected chi connectivity index (χ1v) is 9.22. The van der Waals surface area contributed by atoms with Gasteiger partial charge in [0, 0.05) is 25.7 Å². The van der Waals surface area contributed by atoms with Gasteiger partial charge in [0.2, 0.25) is 0 Å². The fourth-order valence-corrected chi connectivity index (χ4v) is 3.88. The van der Waals surface area contributed by atoms with E-state index in [1.165, 1.54) is 19.3 Å². The van der Waals surface area contributed by atoms with Crippen LogP contribution in [0.3, 0.4) is 0 Å². The molecule has 1 aliphatic carbocycles. The number of hydrogen-bond acceptors (Lipinski definition) is 2. The van der Waals surface area contributed by atoms with Crippen LogP contribution in [0.15, 0.2) is 4.99 Å². The summed E-state index contributed by atoms with van der Waals surface area (Å²) in [6.07, 6.45) is 1.19. The summed E-state index contributed by atoms with van der Waals surface area (Å²) in [5.74, 6) is -0.419. The molecule has 7 heteroatoms. The van der Waals surface area contributed by atoms with Crippen LogP contribution in [0.4, 0.5) is 13.2 Å². The molecule has 1 heterocycles. The summed E-state index contributed by atoms with van der Waals surface area (Å²) >= 11 is 0. The zero-order valence-corrected chi connectivity index (χ0v) is 14.8. The molecule has 2 rings (SSSR count). The van der Waals surface area contributed by atoms with Crippen molar-refractivity contribution in [1.29, 1.82) is 0 Å². The Morgan fingerprint density at radius 2 is 1.83 bits per heavy atom. The summed E-state index contributed by atoms with van der Waals surface area (Å²) in [4.78, 5) is 6.72. The van der Waals surface area contributed by atoms with E-state index >= 15 is 0 Å². The minimum atomic E-state index is -4.05. The fraction of sp³-hybridized carbons (Fsp3) is 0.941. The van der Waals surface area contributed by atoms with E-state index in [0.29, 0.717) is 24.8 Å². The highest BCUT2D eigenvalue weighted by Crippen LogP contribution is 2.37. The minimum Gasteiger partial charge on any atom is -0.355 e. The number of guanidine groups is 1. The largest absolute Gasteiger partial charge is 0.391 e. The van der Waals surface area contributed by atoms with Crippen molar-refractivity contribution in [2.24, 2.45) is 10.9 Å². The number of alkyl halides is 3. The van der Waals surface area contributed by atoms with Gasteiger partial charge in [0.15, 0.2) is 5.96 Å². The maximum absolute atomic E-state index is 12.7. The van der Waals surface area contributed by atoms with Crippen molar-refractivity contribution in [2.45, 2.75) is 70.1 Å². The van der Waals surface area contributed by atoms with Crippen molar-refractivity contribution in [3.8, 4) is 0 Å². The van der Waals surface area contributed by atoms with Crippen LogP contribution in [0.2, 0.25) is 0 Å². The number of rotatable bonds is 4. The van der Waals surface area contributed by atoms with Crippen LogP contribution in [0, 0.1) is 5.92 Å². The maximum Gasteiger partial charge on any atom is 0.391 e. The minimum absolute atomic E-state index is 0.0865. The lowest BCUT2D eigenvalue weighted by molar-refractivity contribution is -0.182. The number of likely N-dealkylation sites (tertiary alicyclic amines) is 1. The van der Waals surface area contributed by atoms with E-state index in [1.54, 1.807) is 7.05 Å². The maximum atomic E-state index is 12.7. The van der Waals surface area contributed by atoms with Crippen molar-refractivity contribution >= 4 is 5.96 Å². The van der Waals surface area contributed by atoms with Crippen LogP contribution in [-0.2, 0) is 0 Å². The van der Waals surface area contributed by atoms with Crippen LogP contribution >= 0.6 is 0 Å². The third-order valence-electron chi connectivity index (χ3n) is 5.41. The number of nitrogens with zero attached hydrogens (tertiary/aromatic N) is 2. The Morgan fingerprint density at radius 1 is 1.12 bits per heavy atom. The third kappa shape index (κ3) is 5.53. The topological polar surface area (TPSA) is 39.7 Å². The second-order valence-corrected chi connectivity index (χ2v) is 6.97. The van der Waals surface area contributed by atoms with Gasteiger partial charge in [0.05, 0.1) is 5.92 Å². The van der Waals surface area contributed by atoms with Crippen molar-refractivity contribution in [1.82, 2.24) is 15.5 Å². The fourth-order valence-electron chi connectivity index (χ4n) is 3.88. The van der Waals surface area contributed by atoms with Crippen LogP contribution in [0.5, 0.6) is 0 Å². The van der Waals surface area contributed by atoms with Crippen LogP contribution in [0.1, 0.15) is 51.9 Å². The number of likely N-dealkylation sites (N-methyl/N-ethyl adjacent to an activating group) is 1. The highest BCUT2D eigenvalue weighted by Gasteiger charge is 2.41. The molecule has 0 aromatic carbocycles. The molecule has 2 N–H and O–H groups in total. The lowest BCUT2D eigenvalue weighted by Gasteiger charge is -2.36. The molecule has 140 valence electrons. The van der Waals surface area contributed by atoms with Gasteiger partial charge in [0.1, 0.15) is 0 Å². The Kier molecular flexibility index (Phi) is 7.19. The number of piperidine rings is 1. The molecule has 1 saturated carbocycles. The second-order valence-electron chi connectivity index (χ2n) is 6.97. The smallest absolute Gasteiger partial charge is 0.355 e. The molecule has 0 radical (unpaired) electrons. The van der Waals surface area contributed by atoms with Gasteiger partial charge in [0.25, 0.3) is 0 Å². The zero-order chi connectivity index (χ0) is 17.6. The predicted molar refractivity (Wildman–Crippen MR) is 91.2 cm³/mol. The molecule has 0 amide bonds. The number of aliphatic imine (C=N–C) groups is 1. The van der Waals surface area contributed by atoms with E-state index in [1.807, 2.05) is 0 Å². The molecule has 4 nitrogen and oxygen atoms in total. The standard InChI is InChI=1S/C17H31F3N4/c1-3-24-11-5-4-6-15(24)12-22-16(21-2)23-14-9-7-13(8-10-14)17(18,19)20/h13-15H,3-12H2,1-2H3,(H2,21,22,23). The van der Waals surface area contributed by atoms with Crippen molar-refractivity contribution < 1.29 is 13.2 Å². The predicted octanol–water partition coefficient (Wildman–Crippen LogP) is 3.15. The van der Waals surface area contributed by atoms with Gasteiger partial charge in [-0.05, 0) is 51.6 Å². The molecule has 1 saturated heterocycles. The highest BCUT2D eigenvalue weighted by atomic mass is 19.4. The van der Waals surface area contributed by atoms with E-state index < -0.39 is 12.1 Å². The van der Waals surface area contributed by atoms with Gasteiger partial charge >= 0.3 is 6.18 Å². The summed E-state index contributed by atoms with van der Waals surface area (Å²) in [5.41, 5.74) is 0. The molecule has 1 atom stereocenters. The van der Waals surface area contributed by atoms with Crippen molar-refractivity contribution in [3.63, 3.8) is 0 Å².